The number of carbonyl (C=O) groups excluding carboxylic acids is 1. The van der Waals surface area contributed by atoms with E-state index in [0.29, 0.717) is 10.8 Å². The zero-order valence-corrected chi connectivity index (χ0v) is 13.8. The average molecular weight is 337 g/mol. The molecule has 0 fully saturated rings. The van der Waals surface area contributed by atoms with E-state index >= 15 is 0 Å². The topological polar surface area (TPSA) is 86.5 Å². The third-order valence-corrected chi connectivity index (χ3v) is 4.55. The van der Waals surface area contributed by atoms with E-state index in [1.807, 2.05) is 30.5 Å². The fourth-order valence-corrected chi connectivity index (χ4v) is 3.49. The van der Waals surface area contributed by atoms with Crippen LogP contribution in [0, 0.1) is 6.92 Å². The maximum absolute atomic E-state index is 12.1. The first kappa shape index (κ1) is 14.6. The molecule has 3 N–H and O–H groups in total. The second-order valence-electron chi connectivity index (χ2n) is 5.49. The van der Waals surface area contributed by atoms with Crippen LogP contribution in [-0.2, 0) is 11.2 Å². The minimum absolute atomic E-state index is 0.126. The van der Waals surface area contributed by atoms with Crippen LogP contribution in [0.1, 0.15) is 11.4 Å². The monoisotopic (exact) mass is 337 g/mol. The number of fused-ring (bicyclic) bond motifs is 1. The van der Waals surface area contributed by atoms with Crippen molar-refractivity contribution in [1.82, 2.24) is 19.9 Å². The molecule has 4 aromatic rings. The number of nitrogens with zero attached hydrogens (tertiary/aromatic N) is 2. The molecule has 6 nitrogen and oxygen atoms in total. The molecule has 3 aromatic heterocycles. The van der Waals surface area contributed by atoms with Gasteiger partial charge in [-0.05, 0) is 13.0 Å². The first-order chi connectivity index (χ1) is 11.7. The number of hydrogen-bond acceptors (Lipinski definition) is 4. The molecule has 0 spiro atoms. The summed E-state index contributed by atoms with van der Waals surface area (Å²) < 4.78 is 0. The number of aromatic nitrogens is 4. The van der Waals surface area contributed by atoms with E-state index < -0.39 is 0 Å². The second-order valence-corrected chi connectivity index (χ2v) is 6.35. The number of benzene rings is 1. The summed E-state index contributed by atoms with van der Waals surface area (Å²) in [6.45, 7) is 2.03. The molecule has 0 saturated heterocycles. The van der Waals surface area contributed by atoms with Gasteiger partial charge in [0.05, 0.1) is 24.1 Å². The molecule has 0 unspecified atom stereocenters. The van der Waals surface area contributed by atoms with Crippen LogP contribution in [-0.4, -0.2) is 25.8 Å². The standard InChI is InChI=1S/C17H15N5OS/c1-10-16(12-4-2-3-5-13(12)20-10)14-8-24-17(21-14)22-15(23)6-11-7-18-9-19-11/h2-5,7-9,20H,6H2,1H3,(H,18,19)(H,21,22,23). The smallest absolute Gasteiger partial charge is 0.232 e. The molecule has 3 heterocycles. The highest BCUT2D eigenvalue weighted by Crippen LogP contribution is 2.33. The summed E-state index contributed by atoms with van der Waals surface area (Å²) in [6, 6.07) is 8.13. The molecule has 0 aliphatic heterocycles. The lowest BCUT2D eigenvalue weighted by Crippen LogP contribution is -2.14. The van der Waals surface area contributed by atoms with Gasteiger partial charge in [-0.2, -0.15) is 0 Å². The summed E-state index contributed by atoms with van der Waals surface area (Å²) in [7, 11) is 0. The van der Waals surface area contributed by atoms with Crippen molar-refractivity contribution in [2.75, 3.05) is 5.32 Å². The van der Waals surface area contributed by atoms with E-state index in [-0.39, 0.29) is 12.3 Å². The summed E-state index contributed by atoms with van der Waals surface area (Å²) in [6.07, 6.45) is 3.50. The summed E-state index contributed by atoms with van der Waals surface area (Å²) in [5.74, 6) is -0.126. The fraction of sp³-hybridized carbons (Fsp3) is 0.118. The van der Waals surface area contributed by atoms with Gasteiger partial charge in [0.25, 0.3) is 0 Å². The van der Waals surface area contributed by atoms with Crippen molar-refractivity contribution >= 4 is 33.3 Å². The van der Waals surface area contributed by atoms with Crippen LogP contribution in [0.2, 0.25) is 0 Å². The van der Waals surface area contributed by atoms with Crippen LogP contribution in [0.3, 0.4) is 0 Å². The molecule has 24 heavy (non-hydrogen) atoms. The molecule has 0 bridgehead atoms. The number of rotatable bonds is 4. The molecule has 1 amide bonds. The number of anilines is 1. The largest absolute Gasteiger partial charge is 0.358 e. The molecular formula is C17H15N5OS. The minimum atomic E-state index is -0.126. The van der Waals surface area contributed by atoms with Gasteiger partial charge >= 0.3 is 0 Å². The SMILES string of the molecule is Cc1[nH]c2ccccc2c1-c1csc(NC(=O)Cc2c[nH]cn2)n1. The van der Waals surface area contributed by atoms with E-state index in [2.05, 4.69) is 31.3 Å². The summed E-state index contributed by atoms with van der Waals surface area (Å²) >= 11 is 1.42. The zero-order chi connectivity index (χ0) is 16.5. The highest BCUT2D eigenvalue weighted by molar-refractivity contribution is 7.14. The van der Waals surface area contributed by atoms with Crippen molar-refractivity contribution in [2.24, 2.45) is 0 Å². The molecule has 7 heteroatoms. The number of carbonyl (C=O) groups is 1. The Balaban J connectivity index is 1.58. The Bertz CT molecular complexity index is 999. The third kappa shape index (κ3) is 2.69. The van der Waals surface area contributed by atoms with E-state index in [0.717, 1.165) is 27.9 Å². The lowest BCUT2D eigenvalue weighted by molar-refractivity contribution is -0.115. The Morgan fingerprint density at radius 3 is 3.04 bits per heavy atom. The van der Waals surface area contributed by atoms with E-state index in [1.165, 1.54) is 11.3 Å². The zero-order valence-electron chi connectivity index (χ0n) is 13.0. The maximum Gasteiger partial charge on any atom is 0.232 e. The predicted octanol–water partition coefficient (Wildman–Crippen LogP) is 3.50. The highest BCUT2D eigenvalue weighted by atomic mass is 32.1. The van der Waals surface area contributed by atoms with Crippen LogP contribution in [0.5, 0.6) is 0 Å². The Hall–Kier alpha value is -2.93. The highest BCUT2D eigenvalue weighted by Gasteiger charge is 2.14. The number of aromatic amines is 2. The number of para-hydroxylation sites is 1. The quantitative estimate of drug-likeness (QED) is 0.532. The van der Waals surface area contributed by atoms with Crippen LogP contribution >= 0.6 is 11.3 Å². The summed E-state index contributed by atoms with van der Waals surface area (Å²) in [4.78, 5) is 26.9. The Morgan fingerprint density at radius 2 is 2.21 bits per heavy atom. The fourth-order valence-electron chi connectivity index (χ4n) is 2.77. The normalized spacial score (nSPS) is 11.0. The molecule has 0 atom stereocenters. The van der Waals surface area contributed by atoms with Crippen LogP contribution in [0.4, 0.5) is 5.13 Å². The number of thiazole rings is 1. The number of amides is 1. The molecule has 1 aromatic carbocycles. The molecule has 0 radical (unpaired) electrons. The number of imidazole rings is 1. The van der Waals surface area contributed by atoms with Crippen LogP contribution in [0.25, 0.3) is 22.2 Å². The van der Waals surface area contributed by atoms with Gasteiger partial charge in [-0.3, -0.25) is 4.79 Å². The van der Waals surface area contributed by atoms with Gasteiger partial charge in [-0.25, -0.2) is 9.97 Å². The third-order valence-electron chi connectivity index (χ3n) is 3.80. The molecule has 120 valence electrons. The van der Waals surface area contributed by atoms with E-state index in [4.69, 9.17) is 0 Å². The number of H-pyrrole nitrogens is 2. The Kier molecular flexibility index (Phi) is 3.62. The van der Waals surface area contributed by atoms with Crippen molar-refractivity contribution in [2.45, 2.75) is 13.3 Å². The van der Waals surface area contributed by atoms with Gasteiger partial charge in [0.2, 0.25) is 5.91 Å². The Morgan fingerprint density at radius 1 is 1.33 bits per heavy atom. The van der Waals surface area contributed by atoms with Crippen LogP contribution < -0.4 is 5.32 Å². The molecular weight excluding hydrogens is 322 g/mol. The molecule has 0 aliphatic rings. The maximum atomic E-state index is 12.1. The predicted molar refractivity (Wildman–Crippen MR) is 95.1 cm³/mol. The Labute approximate surface area is 142 Å². The average Bonchev–Trinajstić information content (AvgIpc) is 3.26. The van der Waals surface area contributed by atoms with E-state index in [1.54, 1.807) is 12.5 Å². The van der Waals surface area contributed by atoms with Gasteiger partial charge in [-0.15, -0.1) is 11.3 Å². The molecule has 4 rings (SSSR count). The van der Waals surface area contributed by atoms with Crippen molar-refractivity contribution in [3.8, 4) is 11.3 Å². The minimum Gasteiger partial charge on any atom is -0.358 e. The lowest BCUT2D eigenvalue weighted by atomic mass is 10.1. The summed E-state index contributed by atoms with van der Waals surface area (Å²) in [5, 5.41) is 6.53. The second kappa shape index (κ2) is 5.93. The molecule has 0 saturated carbocycles. The van der Waals surface area contributed by atoms with Crippen molar-refractivity contribution < 1.29 is 4.79 Å². The van der Waals surface area contributed by atoms with Gasteiger partial charge < -0.3 is 15.3 Å². The molecule has 0 aliphatic carbocycles. The first-order valence-corrected chi connectivity index (χ1v) is 8.39. The van der Waals surface area contributed by atoms with E-state index in [9.17, 15) is 4.79 Å². The number of nitrogens with one attached hydrogen (secondary N) is 3. The van der Waals surface area contributed by atoms with Crippen molar-refractivity contribution in [3.63, 3.8) is 0 Å². The number of hydrogen-bond donors (Lipinski definition) is 3. The van der Waals surface area contributed by atoms with Crippen molar-refractivity contribution in [3.05, 3.63) is 53.6 Å². The van der Waals surface area contributed by atoms with Gasteiger partial charge in [0.1, 0.15) is 0 Å². The first-order valence-electron chi connectivity index (χ1n) is 7.51. The van der Waals surface area contributed by atoms with Gasteiger partial charge in [0.15, 0.2) is 5.13 Å². The van der Waals surface area contributed by atoms with Crippen molar-refractivity contribution in [1.29, 1.82) is 0 Å². The number of aryl methyl sites for hydroxylation is 1. The van der Waals surface area contributed by atoms with Crippen LogP contribution in [0.15, 0.2) is 42.2 Å². The van der Waals surface area contributed by atoms with Gasteiger partial charge in [0, 0.05) is 33.7 Å². The lowest BCUT2D eigenvalue weighted by Gasteiger charge is -1.99. The summed E-state index contributed by atoms with van der Waals surface area (Å²) in [5.41, 5.74) is 4.80. The van der Waals surface area contributed by atoms with Gasteiger partial charge in [-0.1, -0.05) is 18.2 Å².